The molecule has 1 aliphatic carbocycles. The van der Waals surface area contributed by atoms with Gasteiger partial charge in [0.25, 0.3) is 0 Å². The Morgan fingerprint density at radius 1 is 1.23 bits per heavy atom. The lowest BCUT2D eigenvalue weighted by atomic mass is 9.88. The van der Waals surface area contributed by atoms with Gasteiger partial charge in [-0.15, -0.1) is 0 Å². The van der Waals surface area contributed by atoms with Gasteiger partial charge in [0.15, 0.2) is 0 Å². The highest BCUT2D eigenvalue weighted by atomic mass is 16.2. The number of likely N-dealkylation sites (tertiary alicyclic amines) is 1. The van der Waals surface area contributed by atoms with Crippen molar-refractivity contribution in [3.8, 4) is 0 Å². The maximum absolute atomic E-state index is 12.7. The maximum atomic E-state index is 12.7. The molecule has 1 aromatic rings. The van der Waals surface area contributed by atoms with Gasteiger partial charge in [0, 0.05) is 19.0 Å². The van der Waals surface area contributed by atoms with Crippen LogP contribution in [0.4, 0.5) is 0 Å². The molecule has 2 fully saturated rings. The predicted octanol–water partition coefficient (Wildman–Crippen LogP) is 4.15. The van der Waals surface area contributed by atoms with Crippen LogP contribution in [-0.2, 0) is 11.2 Å². The van der Waals surface area contributed by atoms with E-state index in [1.807, 2.05) is 0 Å². The zero-order valence-electron chi connectivity index (χ0n) is 14.2. The van der Waals surface area contributed by atoms with Crippen LogP contribution in [0.1, 0.15) is 45.6 Å². The molecule has 22 heavy (non-hydrogen) atoms. The summed E-state index contributed by atoms with van der Waals surface area (Å²) in [7, 11) is 0. The van der Waals surface area contributed by atoms with Crippen molar-refractivity contribution in [3.63, 3.8) is 0 Å². The van der Waals surface area contributed by atoms with E-state index in [9.17, 15) is 4.79 Å². The smallest absolute Gasteiger partial charge is 0.226 e. The predicted molar refractivity (Wildman–Crippen MR) is 90.5 cm³/mol. The van der Waals surface area contributed by atoms with Crippen LogP contribution in [0.5, 0.6) is 0 Å². The van der Waals surface area contributed by atoms with Crippen LogP contribution in [0.25, 0.3) is 0 Å². The van der Waals surface area contributed by atoms with Crippen LogP contribution in [0.2, 0.25) is 0 Å². The number of hydrogen-bond donors (Lipinski definition) is 0. The van der Waals surface area contributed by atoms with Gasteiger partial charge in [-0.3, -0.25) is 4.79 Å². The molecule has 3 unspecified atom stereocenters. The zero-order chi connectivity index (χ0) is 15.7. The lowest BCUT2D eigenvalue weighted by Crippen LogP contribution is -2.41. The summed E-state index contributed by atoms with van der Waals surface area (Å²) in [6.07, 6.45) is 4.63. The minimum absolute atomic E-state index is 0.277. The lowest BCUT2D eigenvalue weighted by Gasteiger charge is -2.33. The minimum Gasteiger partial charge on any atom is -0.342 e. The molecule has 1 aromatic carbocycles. The molecule has 2 nitrogen and oxygen atoms in total. The number of benzene rings is 1. The second-order valence-corrected chi connectivity index (χ2v) is 8.30. The first-order chi connectivity index (χ1) is 10.4. The molecule has 2 heteroatoms. The standard InChI is InChI=1S/C20H29NO/c1-20(2,3)18-13-17(18)19(22)21-11-7-10-16(14-21)12-15-8-5-4-6-9-15/h4-6,8-9,16-18H,7,10-14H2,1-3H3. The number of carbonyl (C=O) groups excluding carboxylic acids is 1. The molecule has 1 heterocycles. The van der Waals surface area contributed by atoms with E-state index in [2.05, 4.69) is 56.0 Å². The largest absolute Gasteiger partial charge is 0.342 e. The topological polar surface area (TPSA) is 20.3 Å². The average molecular weight is 299 g/mol. The van der Waals surface area contributed by atoms with Crippen LogP contribution >= 0.6 is 0 Å². The van der Waals surface area contributed by atoms with Crippen LogP contribution < -0.4 is 0 Å². The molecule has 1 amide bonds. The van der Waals surface area contributed by atoms with Crippen molar-refractivity contribution in [2.24, 2.45) is 23.2 Å². The molecule has 0 spiro atoms. The summed E-state index contributed by atoms with van der Waals surface area (Å²) < 4.78 is 0. The van der Waals surface area contributed by atoms with Crippen molar-refractivity contribution in [2.45, 2.75) is 46.5 Å². The van der Waals surface area contributed by atoms with Crippen molar-refractivity contribution in [1.82, 2.24) is 4.90 Å². The van der Waals surface area contributed by atoms with Crippen LogP contribution in [0, 0.1) is 23.2 Å². The van der Waals surface area contributed by atoms with Crippen molar-refractivity contribution >= 4 is 5.91 Å². The van der Waals surface area contributed by atoms with Crippen molar-refractivity contribution in [1.29, 1.82) is 0 Å². The molecular weight excluding hydrogens is 270 g/mol. The van der Waals surface area contributed by atoms with E-state index in [0.717, 1.165) is 32.4 Å². The minimum atomic E-state index is 0.277. The van der Waals surface area contributed by atoms with Gasteiger partial charge < -0.3 is 4.90 Å². The van der Waals surface area contributed by atoms with Gasteiger partial charge >= 0.3 is 0 Å². The first kappa shape index (κ1) is 15.6. The normalized spacial score (nSPS) is 28.5. The van der Waals surface area contributed by atoms with E-state index in [1.165, 1.54) is 12.0 Å². The van der Waals surface area contributed by atoms with Gasteiger partial charge in [-0.05, 0) is 48.5 Å². The summed E-state index contributed by atoms with van der Waals surface area (Å²) in [6, 6.07) is 10.7. The maximum Gasteiger partial charge on any atom is 0.226 e. The molecule has 120 valence electrons. The highest BCUT2D eigenvalue weighted by molar-refractivity contribution is 5.82. The summed E-state index contributed by atoms with van der Waals surface area (Å²) in [5.74, 6) is 1.95. The fourth-order valence-corrected chi connectivity index (χ4v) is 4.04. The van der Waals surface area contributed by atoms with E-state index < -0.39 is 0 Å². The molecule has 0 N–H and O–H groups in total. The molecule has 0 aromatic heterocycles. The quantitative estimate of drug-likeness (QED) is 0.821. The number of rotatable bonds is 3. The zero-order valence-corrected chi connectivity index (χ0v) is 14.2. The fraction of sp³-hybridized carbons (Fsp3) is 0.650. The molecule has 1 aliphatic heterocycles. The van der Waals surface area contributed by atoms with Crippen LogP contribution in [0.15, 0.2) is 30.3 Å². The third-order valence-corrected chi connectivity index (χ3v) is 5.42. The highest BCUT2D eigenvalue weighted by Crippen LogP contribution is 2.51. The van der Waals surface area contributed by atoms with Gasteiger partial charge in [-0.2, -0.15) is 0 Å². The average Bonchev–Trinajstić information content (AvgIpc) is 3.28. The third-order valence-electron chi connectivity index (χ3n) is 5.42. The van der Waals surface area contributed by atoms with Gasteiger partial charge in [0.2, 0.25) is 5.91 Å². The van der Waals surface area contributed by atoms with Crippen LogP contribution in [0.3, 0.4) is 0 Å². The third kappa shape index (κ3) is 3.53. The first-order valence-corrected chi connectivity index (χ1v) is 8.78. The van der Waals surface area contributed by atoms with Gasteiger partial charge in [0.05, 0.1) is 0 Å². The Balaban J connectivity index is 1.56. The highest BCUT2D eigenvalue weighted by Gasteiger charge is 2.50. The van der Waals surface area contributed by atoms with Crippen molar-refractivity contribution in [2.75, 3.05) is 13.1 Å². The fourth-order valence-electron chi connectivity index (χ4n) is 4.04. The SMILES string of the molecule is CC(C)(C)C1CC1C(=O)N1CCCC(Cc2ccccc2)C1. The Hall–Kier alpha value is -1.31. The molecule has 1 saturated heterocycles. The number of piperidine rings is 1. The summed E-state index contributed by atoms with van der Waals surface area (Å²) >= 11 is 0. The molecule has 2 aliphatic rings. The Labute approximate surface area is 134 Å². The van der Waals surface area contributed by atoms with Crippen molar-refractivity contribution in [3.05, 3.63) is 35.9 Å². The Morgan fingerprint density at radius 2 is 1.95 bits per heavy atom. The van der Waals surface area contributed by atoms with E-state index in [0.29, 0.717) is 23.7 Å². The van der Waals surface area contributed by atoms with Gasteiger partial charge in [-0.1, -0.05) is 51.1 Å². The first-order valence-electron chi connectivity index (χ1n) is 8.78. The Kier molecular flexibility index (Phi) is 4.29. The monoisotopic (exact) mass is 299 g/mol. The van der Waals surface area contributed by atoms with E-state index in [4.69, 9.17) is 0 Å². The molecule has 3 rings (SSSR count). The summed E-state index contributed by atoms with van der Waals surface area (Å²) in [5, 5.41) is 0. The number of carbonyl (C=O) groups is 1. The van der Waals surface area contributed by atoms with Gasteiger partial charge in [-0.25, -0.2) is 0 Å². The second kappa shape index (κ2) is 6.06. The number of hydrogen-bond acceptors (Lipinski definition) is 1. The second-order valence-electron chi connectivity index (χ2n) is 8.30. The molecule has 3 atom stereocenters. The van der Waals surface area contributed by atoms with Crippen molar-refractivity contribution < 1.29 is 4.79 Å². The molecule has 0 bridgehead atoms. The summed E-state index contributed by atoms with van der Waals surface area (Å²) in [5.41, 5.74) is 1.68. The summed E-state index contributed by atoms with van der Waals surface area (Å²) in [6.45, 7) is 8.72. The summed E-state index contributed by atoms with van der Waals surface area (Å²) in [4.78, 5) is 14.9. The van der Waals surface area contributed by atoms with E-state index in [-0.39, 0.29) is 5.41 Å². The molecule has 1 saturated carbocycles. The van der Waals surface area contributed by atoms with Crippen LogP contribution in [-0.4, -0.2) is 23.9 Å². The molecule has 0 radical (unpaired) electrons. The van der Waals surface area contributed by atoms with Gasteiger partial charge in [0.1, 0.15) is 0 Å². The Bertz CT molecular complexity index is 516. The lowest BCUT2D eigenvalue weighted by molar-refractivity contribution is -0.135. The van der Waals surface area contributed by atoms with E-state index in [1.54, 1.807) is 0 Å². The molecular formula is C20H29NO. The Morgan fingerprint density at radius 3 is 2.59 bits per heavy atom. The van der Waals surface area contributed by atoms with E-state index >= 15 is 0 Å². The number of nitrogens with zero attached hydrogens (tertiary/aromatic N) is 1. The number of amides is 1.